The maximum absolute atomic E-state index is 12.9. The second-order valence-corrected chi connectivity index (χ2v) is 5.04. The Balaban J connectivity index is 2.71. The summed E-state index contributed by atoms with van der Waals surface area (Å²) in [5.41, 5.74) is -2.20. The van der Waals surface area contributed by atoms with Crippen LogP contribution in [0.2, 0.25) is 0 Å². The van der Waals surface area contributed by atoms with Crippen LogP contribution in [0.15, 0.2) is 36.4 Å². The molecule has 0 aliphatic carbocycles. The van der Waals surface area contributed by atoms with E-state index in [0.717, 1.165) is 0 Å². The van der Waals surface area contributed by atoms with E-state index in [0.29, 0.717) is 24.0 Å². The molecule has 0 fully saturated rings. The maximum atomic E-state index is 12.9. The molecule has 0 amide bonds. The summed E-state index contributed by atoms with van der Waals surface area (Å²) >= 11 is 0. The number of carbonyl (C=O) groups is 1. The molecular formula is C16H10F6O. The van der Waals surface area contributed by atoms with Gasteiger partial charge < -0.3 is 0 Å². The van der Waals surface area contributed by atoms with Gasteiger partial charge in [-0.25, -0.2) is 0 Å². The molecule has 0 aliphatic rings. The molecule has 0 atom stereocenters. The molecule has 0 unspecified atom stereocenters. The number of hydrogen-bond acceptors (Lipinski definition) is 1. The SMILES string of the molecule is Cc1cc(C=O)cc(-c2cc(C(F)(F)F)cc(C(F)(F)F)c2)c1. The fourth-order valence-corrected chi connectivity index (χ4v) is 2.17. The molecule has 1 nitrogen and oxygen atoms in total. The van der Waals surface area contributed by atoms with Gasteiger partial charge in [-0.1, -0.05) is 6.07 Å². The van der Waals surface area contributed by atoms with Gasteiger partial charge in [0.2, 0.25) is 0 Å². The lowest BCUT2D eigenvalue weighted by Gasteiger charge is -2.15. The Kier molecular flexibility index (Phi) is 4.24. The van der Waals surface area contributed by atoms with Gasteiger partial charge >= 0.3 is 12.4 Å². The molecule has 122 valence electrons. The zero-order valence-corrected chi connectivity index (χ0v) is 11.7. The lowest BCUT2D eigenvalue weighted by Crippen LogP contribution is -2.11. The summed E-state index contributed by atoms with van der Waals surface area (Å²) in [6.45, 7) is 1.59. The number of aryl methyl sites for hydroxylation is 1. The van der Waals surface area contributed by atoms with Crippen LogP contribution in [-0.4, -0.2) is 6.29 Å². The smallest absolute Gasteiger partial charge is 0.298 e. The molecule has 0 saturated heterocycles. The molecule has 0 aliphatic heterocycles. The number of hydrogen-bond donors (Lipinski definition) is 0. The highest BCUT2D eigenvalue weighted by Gasteiger charge is 2.37. The minimum atomic E-state index is -4.91. The van der Waals surface area contributed by atoms with E-state index in [1.807, 2.05) is 0 Å². The van der Waals surface area contributed by atoms with Crippen molar-refractivity contribution >= 4 is 6.29 Å². The van der Waals surface area contributed by atoms with Crippen molar-refractivity contribution in [2.75, 3.05) is 0 Å². The fraction of sp³-hybridized carbons (Fsp3) is 0.188. The molecule has 2 aromatic carbocycles. The van der Waals surface area contributed by atoms with Gasteiger partial charge in [-0.2, -0.15) is 26.3 Å². The average molecular weight is 332 g/mol. The first-order valence-electron chi connectivity index (χ1n) is 6.37. The predicted molar refractivity (Wildman–Crippen MR) is 72.0 cm³/mol. The van der Waals surface area contributed by atoms with E-state index in [4.69, 9.17) is 0 Å². The zero-order chi connectivity index (χ0) is 17.4. The largest absolute Gasteiger partial charge is 0.416 e. The van der Waals surface area contributed by atoms with E-state index in [2.05, 4.69) is 0 Å². The molecule has 7 heteroatoms. The number of alkyl halides is 6. The highest BCUT2D eigenvalue weighted by molar-refractivity contribution is 5.80. The lowest BCUT2D eigenvalue weighted by atomic mass is 9.96. The summed E-state index contributed by atoms with van der Waals surface area (Å²) in [5, 5.41) is 0. The Hall–Kier alpha value is -2.31. The highest BCUT2D eigenvalue weighted by Crippen LogP contribution is 2.38. The first-order valence-corrected chi connectivity index (χ1v) is 6.37. The average Bonchev–Trinajstić information content (AvgIpc) is 2.44. The summed E-state index contributed by atoms with van der Waals surface area (Å²) in [4.78, 5) is 10.8. The zero-order valence-electron chi connectivity index (χ0n) is 11.7. The predicted octanol–water partition coefficient (Wildman–Crippen LogP) is 5.51. The number of aldehydes is 1. The van der Waals surface area contributed by atoms with Crippen molar-refractivity contribution in [3.05, 3.63) is 58.7 Å². The van der Waals surface area contributed by atoms with Crippen molar-refractivity contribution in [3.8, 4) is 11.1 Å². The van der Waals surface area contributed by atoms with Gasteiger partial charge in [0.15, 0.2) is 0 Å². The van der Waals surface area contributed by atoms with E-state index >= 15 is 0 Å². The third-order valence-corrected chi connectivity index (χ3v) is 3.16. The van der Waals surface area contributed by atoms with Crippen LogP contribution in [-0.2, 0) is 12.4 Å². The van der Waals surface area contributed by atoms with Crippen molar-refractivity contribution in [2.24, 2.45) is 0 Å². The molecule has 2 aromatic rings. The third kappa shape index (κ3) is 3.91. The van der Waals surface area contributed by atoms with E-state index in [9.17, 15) is 31.1 Å². The van der Waals surface area contributed by atoms with Gasteiger partial charge in [-0.3, -0.25) is 4.79 Å². The van der Waals surface area contributed by atoms with Crippen molar-refractivity contribution in [1.29, 1.82) is 0 Å². The van der Waals surface area contributed by atoms with Gasteiger partial charge in [0.1, 0.15) is 6.29 Å². The Morgan fingerprint density at radius 3 is 1.65 bits per heavy atom. The van der Waals surface area contributed by atoms with Gasteiger partial charge in [0.05, 0.1) is 11.1 Å². The molecule has 0 bridgehead atoms. The van der Waals surface area contributed by atoms with Crippen LogP contribution in [0.4, 0.5) is 26.3 Å². The van der Waals surface area contributed by atoms with E-state index in [-0.39, 0.29) is 22.8 Å². The maximum Gasteiger partial charge on any atom is 0.416 e. The van der Waals surface area contributed by atoms with Crippen LogP contribution in [0.5, 0.6) is 0 Å². The first-order chi connectivity index (χ1) is 10.5. The second kappa shape index (κ2) is 5.72. The molecule has 2 rings (SSSR count). The standard InChI is InChI=1S/C16H10F6O/c1-9-2-10(8-23)4-11(3-9)12-5-13(15(17,18)19)7-14(6-12)16(20,21)22/h2-8H,1H3. The van der Waals surface area contributed by atoms with Crippen molar-refractivity contribution in [2.45, 2.75) is 19.3 Å². The number of halogens is 6. The quantitative estimate of drug-likeness (QED) is 0.523. The molecule has 0 aromatic heterocycles. The molecule has 0 N–H and O–H groups in total. The van der Waals surface area contributed by atoms with Crippen LogP contribution in [0.1, 0.15) is 27.0 Å². The number of carbonyl (C=O) groups excluding carboxylic acids is 1. The summed E-state index contributed by atoms with van der Waals surface area (Å²) in [6, 6.07) is 5.49. The highest BCUT2D eigenvalue weighted by atomic mass is 19.4. The number of rotatable bonds is 2. The topological polar surface area (TPSA) is 17.1 Å². The van der Waals surface area contributed by atoms with Crippen molar-refractivity contribution < 1.29 is 31.1 Å². The van der Waals surface area contributed by atoms with Gasteiger partial charge in [-0.05, 0) is 53.9 Å². The van der Waals surface area contributed by atoms with Crippen molar-refractivity contribution in [1.82, 2.24) is 0 Å². The number of benzene rings is 2. The van der Waals surface area contributed by atoms with Crippen LogP contribution < -0.4 is 0 Å². The monoisotopic (exact) mass is 332 g/mol. The summed E-state index contributed by atoms with van der Waals surface area (Å²) in [5.74, 6) is 0. The normalized spacial score (nSPS) is 12.3. The summed E-state index contributed by atoms with van der Waals surface area (Å²) < 4.78 is 77.1. The van der Waals surface area contributed by atoms with Crippen molar-refractivity contribution in [3.63, 3.8) is 0 Å². The Morgan fingerprint density at radius 2 is 1.22 bits per heavy atom. The summed E-state index contributed by atoms with van der Waals surface area (Å²) in [7, 11) is 0. The fourth-order valence-electron chi connectivity index (χ4n) is 2.17. The molecular weight excluding hydrogens is 322 g/mol. The Morgan fingerprint density at radius 1 is 0.739 bits per heavy atom. The Bertz CT molecular complexity index is 711. The van der Waals surface area contributed by atoms with Gasteiger partial charge in [0.25, 0.3) is 0 Å². The van der Waals surface area contributed by atoms with Gasteiger partial charge in [0, 0.05) is 5.56 Å². The van der Waals surface area contributed by atoms with Crippen LogP contribution in [0.25, 0.3) is 11.1 Å². The van der Waals surface area contributed by atoms with E-state index in [1.165, 1.54) is 18.2 Å². The molecule has 0 heterocycles. The molecule has 0 saturated carbocycles. The van der Waals surface area contributed by atoms with E-state index in [1.54, 1.807) is 6.92 Å². The third-order valence-electron chi connectivity index (χ3n) is 3.16. The second-order valence-electron chi connectivity index (χ2n) is 5.04. The lowest BCUT2D eigenvalue weighted by molar-refractivity contribution is -0.143. The summed E-state index contributed by atoms with van der Waals surface area (Å²) in [6.07, 6.45) is -9.34. The van der Waals surface area contributed by atoms with Crippen LogP contribution in [0, 0.1) is 6.92 Å². The molecule has 0 spiro atoms. The molecule has 23 heavy (non-hydrogen) atoms. The first kappa shape index (κ1) is 17.1. The van der Waals surface area contributed by atoms with E-state index < -0.39 is 23.5 Å². The van der Waals surface area contributed by atoms with Crippen LogP contribution in [0.3, 0.4) is 0 Å². The minimum absolute atomic E-state index is 0.0694. The molecule has 0 radical (unpaired) electrons. The van der Waals surface area contributed by atoms with Gasteiger partial charge in [-0.15, -0.1) is 0 Å². The Labute approximate surface area is 127 Å². The minimum Gasteiger partial charge on any atom is -0.298 e. The van der Waals surface area contributed by atoms with Crippen LogP contribution >= 0.6 is 0 Å².